The van der Waals surface area contributed by atoms with E-state index in [0.29, 0.717) is 18.1 Å². The highest BCUT2D eigenvalue weighted by molar-refractivity contribution is 7.99. The van der Waals surface area contributed by atoms with Crippen LogP contribution in [-0.2, 0) is 9.53 Å². The number of carbonyl (C=O) groups is 1. The minimum Gasteiger partial charge on any atom is -0.469 e. The standard InChI is InChI=1S/C13H15FO2S/c1-16-12(15)7-8-17-11-4-2-3-10(14)13(11)9-5-6-9/h2-4,9H,5-8H2,1H3. The van der Waals surface area contributed by atoms with E-state index in [2.05, 4.69) is 4.74 Å². The monoisotopic (exact) mass is 254 g/mol. The van der Waals surface area contributed by atoms with Crippen LogP contribution in [0, 0.1) is 5.82 Å². The van der Waals surface area contributed by atoms with E-state index >= 15 is 0 Å². The maximum Gasteiger partial charge on any atom is 0.306 e. The largest absolute Gasteiger partial charge is 0.469 e. The predicted octanol–water partition coefficient (Wildman–Crippen LogP) is 3.36. The quantitative estimate of drug-likeness (QED) is 0.595. The lowest BCUT2D eigenvalue weighted by molar-refractivity contribution is -0.140. The number of esters is 1. The number of hydrogen-bond acceptors (Lipinski definition) is 3. The molecule has 1 saturated carbocycles. The summed E-state index contributed by atoms with van der Waals surface area (Å²) in [6.07, 6.45) is 2.51. The molecule has 2 nitrogen and oxygen atoms in total. The summed E-state index contributed by atoms with van der Waals surface area (Å²) in [5.41, 5.74) is 0.836. The molecule has 0 amide bonds. The second-order valence-corrected chi connectivity index (χ2v) is 5.24. The van der Waals surface area contributed by atoms with Crippen LogP contribution >= 0.6 is 11.8 Å². The van der Waals surface area contributed by atoms with Crippen molar-refractivity contribution in [1.29, 1.82) is 0 Å². The van der Waals surface area contributed by atoms with Crippen LogP contribution in [0.3, 0.4) is 0 Å². The van der Waals surface area contributed by atoms with Gasteiger partial charge in [0.2, 0.25) is 0 Å². The van der Waals surface area contributed by atoms with E-state index in [1.807, 2.05) is 6.07 Å². The first kappa shape index (κ1) is 12.4. The zero-order valence-electron chi connectivity index (χ0n) is 9.74. The molecule has 0 atom stereocenters. The number of ether oxygens (including phenoxy) is 1. The zero-order chi connectivity index (χ0) is 12.3. The smallest absolute Gasteiger partial charge is 0.306 e. The predicted molar refractivity (Wildman–Crippen MR) is 65.7 cm³/mol. The Bertz CT molecular complexity index is 416. The molecular formula is C13H15FO2S. The molecule has 0 unspecified atom stereocenters. The van der Waals surface area contributed by atoms with Crippen molar-refractivity contribution in [2.24, 2.45) is 0 Å². The third-order valence-corrected chi connectivity index (χ3v) is 3.87. The summed E-state index contributed by atoms with van der Waals surface area (Å²) in [6, 6.07) is 5.17. The molecule has 0 aliphatic heterocycles. The Labute approximate surface area is 105 Å². The highest BCUT2D eigenvalue weighted by Gasteiger charge is 2.28. The fourth-order valence-electron chi connectivity index (χ4n) is 1.76. The van der Waals surface area contributed by atoms with Crippen molar-refractivity contribution in [3.63, 3.8) is 0 Å². The van der Waals surface area contributed by atoms with Gasteiger partial charge in [-0.3, -0.25) is 4.79 Å². The van der Waals surface area contributed by atoms with Crippen molar-refractivity contribution >= 4 is 17.7 Å². The van der Waals surface area contributed by atoms with E-state index in [-0.39, 0.29) is 11.8 Å². The number of benzene rings is 1. The van der Waals surface area contributed by atoms with Crippen molar-refractivity contribution in [3.8, 4) is 0 Å². The van der Waals surface area contributed by atoms with Gasteiger partial charge < -0.3 is 4.74 Å². The second-order valence-electron chi connectivity index (χ2n) is 4.10. The number of hydrogen-bond donors (Lipinski definition) is 0. The van der Waals surface area contributed by atoms with Gasteiger partial charge in [0.05, 0.1) is 13.5 Å². The summed E-state index contributed by atoms with van der Waals surface area (Å²) in [6.45, 7) is 0. The van der Waals surface area contributed by atoms with E-state index in [4.69, 9.17) is 0 Å². The number of thioether (sulfide) groups is 1. The van der Waals surface area contributed by atoms with E-state index in [1.54, 1.807) is 6.07 Å². The Kier molecular flexibility index (Phi) is 4.05. The normalized spacial score (nSPS) is 14.7. The fraction of sp³-hybridized carbons (Fsp3) is 0.462. The average Bonchev–Trinajstić information content (AvgIpc) is 3.13. The van der Waals surface area contributed by atoms with Crippen LogP contribution < -0.4 is 0 Å². The molecule has 0 aromatic heterocycles. The minimum absolute atomic E-state index is 0.115. The Morgan fingerprint density at radius 3 is 2.94 bits per heavy atom. The number of methoxy groups -OCH3 is 1. The Balaban J connectivity index is 2.00. The zero-order valence-corrected chi connectivity index (χ0v) is 10.6. The maximum atomic E-state index is 13.7. The van der Waals surface area contributed by atoms with Crippen LogP contribution in [0.2, 0.25) is 0 Å². The van der Waals surface area contributed by atoms with Gasteiger partial charge in [0.1, 0.15) is 5.82 Å². The third kappa shape index (κ3) is 3.22. The first-order valence-corrected chi connectivity index (χ1v) is 6.69. The molecule has 1 aromatic rings. The van der Waals surface area contributed by atoms with Gasteiger partial charge in [-0.1, -0.05) is 6.07 Å². The molecule has 1 aromatic carbocycles. The maximum absolute atomic E-state index is 13.7. The Morgan fingerprint density at radius 1 is 1.53 bits per heavy atom. The molecular weight excluding hydrogens is 239 g/mol. The van der Waals surface area contributed by atoms with Crippen molar-refractivity contribution in [3.05, 3.63) is 29.6 Å². The molecule has 92 valence electrons. The van der Waals surface area contributed by atoms with Gasteiger partial charge in [-0.15, -0.1) is 11.8 Å². The topological polar surface area (TPSA) is 26.3 Å². The van der Waals surface area contributed by atoms with Gasteiger partial charge in [0, 0.05) is 16.2 Å². The lowest BCUT2D eigenvalue weighted by Crippen LogP contribution is -2.01. The van der Waals surface area contributed by atoms with Gasteiger partial charge in [0.25, 0.3) is 0 Å². The molecule has 17 heavy (non-hydrogen) atoms. The summed E-state index contributed by atoms with van der Waals surface area (Å²) in [4.78, 5) is 12.0. The van der Waals surface area contributed by atoms with Gasteiger partial charge >= 0.3 is 5.97 Å². The number of rotatable bonds is 5. The molecule has 0 N–H and O–H groups in total. The molecule has 0 bridgehead atoms. The van der Waals surface area contributed by atoms with Crippen LogP contribution in [0.4, 0.5) is 4.39 Å². The van der Waals surface area contributed by atoms with Crippen LogP contribution in [0.1, 0.15) is 30.7 Å². The number of halogens is 1. The van der Waals surface area contributed by atoms with Gasteiger partial charge in [-0.25, -0.2) is 4.39 Å². The lowest BCUT2D eigenvalue weighted by atomic mass is 10.1. The summed E-state index contributed by atoms with van der Waals surface area (Å²) < 4.78 is 18.3. The van der Waals surface area contributed by atoms with Crippen LogP contribution in [-0.4, -0.2) is 18.8 Å². The van der Waals surface area contributed by atoms with E-state index in [0.717, 1.165) is 23.3 Å². The summed E-state index contributed by atoms with van der Waals surface area (Å²) in [5, 5.41) is 0. The fourth-order valence-corrected chi connectivity index (χ4v) is 2.84. The van der Waals surface area contributed by atoms with Crippen molar-refractivity contribution in [2.45, 2.75) is 30.1 Å². The average molecular weight is 254 g/mol. The highest BCUT2D eigenvalue weighted by Crippen LogP contribution is 2.45. The molecule has 0 heterocycles. The van der Waals surface area contributed by atoms with Crippen LogP contribution in [0.15, 0.2) is 23.1 Å². The van der Waals surface area contributed by atoms with Crippen molar-refractivity contribution < 1.29 is 13.9 Å². The minimum atomic E-state index is -0.220. The molecule has 2 rings (SSSR count). The number of carbonyl (C=O) groups excluding carboxylic acids is 1. The van der Waals surface area contributed by atoms with Gasteiger partial charge in [-0.2, -0.15) is 0 Å². The molecule has 0 radical (unpaired) electrons. The van der Waals surface area contributed by atoms with Gasteiger partial charge in [-0.05, 0) is 30.9 Å². The molecule has 1 aliphatic rings. The van der Waals surface area contributed by atoms with Crippen LogP contribution in [0.25, 0.3) is 0 Å². The van der Waals surface area contributed by atoms with Crippen molar-refractivity contribution in [1.82, 2.24) is 0 Å². The first-order chi connectivity index (χ1) is 8.22. The molecule has 0 saturated heterocycles. The van der Waals surface area contributed by atoms with E-state index < -0.39 is 0 Å². The summed E-state index contributed by atoms with van der Waals surface area (Å²) >= 11 is 1.53. The SMILES string of the molecule is COC(=O)CCSc1cccc(F)c1C1CC1. The highest BCUT2D eigenvalue weighted by atomic mass is 32.2. The van der Waals surface area contributed by atoms with E-state index in [1.165, 1.54) is 24.9 Å². The summed E-state index contributed by atoms with van der Waals surface area (Å²) in [7, 11) is 1.38. The lowest BCUT2D eigenvalue weighted by Gasteiger charge is -2.08. The molecule has 1 fully saturated rings. The summed E-state index contributed by atoms with van der Waals surface area (Å²) in [5.74, 6) is 0.685. The first-order valence-electron chi connectivity index (χ1n) is 5.70. The van der Waals surface area contributed by atoms with Crippen molar-refractivity contribution in [2.75, 3.05) is 12.9 Å². The van der Waals surface area contributed by atoms with Crippen LogP contribution in [0.5, 0.6) is 0 Å². The van der Waals surface area contributed by atoms with E-state index in [9.17, 15) is 9.18 Å². The third-order valence-electron chi connectivity index (χ3n) is 2.79. The Hall–Kier alpha value is -1.03. The molecule has 1 aliphatic carbocycles. The van der Waals surface area contributed by atoms with Gasteiger partial charge in [0.15, 0.2) is 0 Å². The Morgan fingerprint density at radius 2 is 2.29 bits per heavy atom. The second kappa shape index (κ2) is 5.54. The molecule has 0 spiro atoms. The molecule has 4 heteroatoms.